The normalized spacial score (nSPS) is 15.8. The maximum atomic E-state index is 14.1. The third-order valence-electron chi connectivity index (χ3n) is 7.74. The number of nitrogens with two attached hydrogens (primary N) is 1. The number of H-pyrrole nitrogens is 1. The highest BCUT2D eigenvalue weighted by Crippen LogP contribution is 2.40. The van der Waals surface area contributed by atoms with Crippen molar-refractivity contribution in [3.8, 4) is 5.75 Å². The van der Waals surface area contributed by atoms with Gasteiger partial charge in [-0.2, -0.15) is 0 Å². The van der Waals surface area contributed by atoms with E-state index in [4.69, 9.17) is 15.2 Å². The number of aromatic nitrogens is 2. The molecule has 2 aromatic carbocycles. The summed E-state index contributed by atoms with van der Waals surface area (Å²) in [4.78, 5) is 35.8. The molecule has 0 radical (unpaired) electrons. The monoisotopic (exact) mass is 532 g/mol. The number of amides is 2. The average molecular weight is 533 g/mol. The molecule has 8 heteroatoms. The van der Waals surface area contributed by atoms with Gasteiger partial charge in [0, 0.05) is 24.9 Å². The minimum absolute atomic E-state index is 0.0875. The molecule has 3 N–H and O–H groups in total. The molecular weight excluding hydrogens is 492 g/mol. The number of aromatic amines is 1. The van der Waals surface area contributed by atoms with Crippen LogP contribution in [0, 0.1) is 18.8 Å². The molecule has 39 heavy (non-hydrogen) atoms. The van der Waals surface area contributed by atoms with E-state index in [-0.39, 0.29) is 5.91 Å². The smallest absolute Gasteiger partial charge is 0.227 e. The quantitative estimate of drug-likeness (QED) is 0.303. The van der Waals surface area contributed by atoms with Crippen molar-refractivity contribution in [1.82, 2.24) is 14.9 Å². The number of nitrogens with zero attached hydrogens (tertiary/aromatic N) is 2. The maximum absolute atomic E-state index is 14.1. The van der Waals surface area contributed by atoms with Crippen molar-refractivity contribution in [2.45, 2.75) is 51.6 Å². The molecule has 1 aromatic heterocycles. The standard InChI is InChI=1S/C31H40N4O4/c1-4-5-8-15-39-31(28-10-7-6-9-22(28)2)19-35(20-31)30(37)27(16-23-11-13-25(38-3)14-12-23)26(29(32)36)17-24-18-33-21-34-24/h6-7,9-14,18,21,26-27H,4-5,8,15-17,19-20H2,1-3H3,(H2,32,36)(H,33,34)/t26?,27-/m1/s1. The summed E-state index contributed by atoms with van der Waals surface area (Å²) >= 11 is 0. The molecule has 0 saturated carbocycles. The van der Waals surface area contributed by atoms with Gasteiger partial charge < -0.3 is 25.1 Å². The minimum atomic E-state index is -0.695. The van der Waals surface area contributed by atoms with Crippen LogP contribution in [0.1, 0.15) is 48.6 Å². The van der Waals surface area contributed by atoms with Crippen LogP contribution >= 0.6 is 0 Å². The van der Waals surface area contributed by atoms with Crippen LogP contribution in [-0.4, -0.2) is 53.5 Å². The molecular formula is C31H40N4O4. The summed E-state index contributed by atoms with van der Waals surface area (Å²) in [6.45, 7) is 5.78. The highest BCUT2D eigenvalue weighted by Gasteiger charge is 2.50. The zero-order chi connectivity index (χ0) is 27.8. The molecule has 0 bridgehead atoms. The maximum Gasteiger partial charge on any atom is 0.227 e. The molecule has 0 spiro atoms. The number of ether oxygens (including phenoxy) is 2. The molecule has 8 nitrogen and oxygen atoms in total. The Hall–Kier alpha value is -3.65. The molecule has 2 heterocycles. The zero-order valence-electron chi connectivity index (χ0n) is 23.2. The number of hydrogen-bond donors (Lipinski definition) is 2. The fourth-order valence-corrected chi connectivity index (χ4v) is 5.50. The van der Waals surface area contributed by atoms with Crippen LogP contribution in [0.2, 0.25) is 0 Å². The van der Waals surface area contributed by atoms with E-state index in [1.165, 1.54) is 0 Å². The van der Waals surface area contributed by atoms with Crippen LogP contribution in [0.5, 0.6) is 5.75 Å². The second-order valence-corrected chi connectivity index (χ2v) is 10.5. The van der Waals surface area contributed by atoms with Crippen molar-refractivity contribution in [2.24, 2.45) is 17.6 Å². The number of rotatable bonds is 14. The Morgan fingerprint density at radius 1 is 1.08 bits per heavy atom. The number of likely N-dealkylation sites (tertiary alicyclic amines) is 1. The summed E-state index contributed by atoms with van der Waals surface area (Å²) in [6, 6.07) is 15.8. The largest absolute Gasteiger partial charge is 0.497 e. The number of benzene rings is 2. The number of aryl methyl sites for hydroxylation is 1. The number of hydrogen-bond acceptors (Lipinski definition) is 5. The molecule has 0 aliphatic carbocycles. The summed E-state index contributed by atoms with van der Waals surface area (Å²) in [5.74, 6) is -1.18. The topological polar surface area (TPSA) is 111 Å². The molecule has 1 unspecified atom stereocenters. The van der Waals surface area contributed by atoms with Gasteiger partial charge in [0.15, 0.2) is 0 Å². The molecule has 208 valence electrons. The Morgan fingerprint density at radius 3 is 2.44 bits per heavy atom. The van der Waals surface area contributed by atoms with Crippen LogP contribution in [0.4, 0.5) is 0 Å². The lowest BCUT2D eigenvalue weighted by Gasteiger charge is -2.51. The van der Waals surface area contributed by atoms with Crippen LogP contribution in [0.3, 0.4) is 0 Å². The van der Waals surface area contributed by atoms with Gasteiger partial charge in [-0.1, -0.05) is 56.2 Å². The number of carbonyl (C=O) groups excluding carboxylic acids is 2. The Balaban J connectivity index is 1.59. The molecule has 2 amide bonds. The first-order chi connectivity index (χ1) is 18.9. The SMILES string of the molecule is CCCCCOC1(c2ccccc2C)CN(C(=O)[C@H](Cc2ccc(OC)cc2)C(Cc2cnc[nH]2)C(N)=O)C1. The van der Waals surface area contributed by atoms with Crippen LogP contribution in [0.25, 0.3) is 0 Å². The summed E-state index contributed by atoms with van der Waals surface area (Å²) in [7, 11) is 1.61. The number of primary amides is 1. The van der Waals surface area contributed by atoms with Gasteiger partial charge in [-0.05, 0) is 48.6 Å². The van der Waals surface area contributed by atoms with E-state index < -0.39 is 23.3 Å². The molecule has 2 atom stereocenters. The Kier molecular flexibility index (Phi) is 9.41. The van der Waals surface area contributed by atoms with Gasteiger partial charge in [-0.25, -0.2) is 4.98 Å². The van der Waals surface area contributed by atoms with E-state index in [2.05, 4.69) is 35.9 Å². The Bertz CT molecular complexity index is 1220. The highest BCUT2D eigenvalue weighted by molar-refractivity contribution is 5.88. The summed E-state index contributed by atoms with van der Waals surface area (Å²) in [5.41, 5.74) is 9.33. The van der Waals surface area contributed by atoms with Crippen molar-refractivity contribution < 1.29 is 19.1 Å². The lowest BCUT2D eigenvalue weighted by molar-refractivity contribution is -0.178. The van der Waals surface area contributed by atoms with E-state index in [0.29, 0.717) is 32.5 Å². The number of imidazole rings is 1. The van der Waals surface area contributed by atoms with E-state index in [1.54, 1.807) is 19.6 Å². The Morgan fingerprint density at radius 2 is 1.82 bits per heavy atom. The zero-order valence-corrected chi connectivity index (χ0v) is 23.2. The van der Waals surface area contributed by atoms with Gasteiger partial charge in [-0.15, -0.1) is 0 Å². The molecule has 1 fully saturated rings. The third kappa shape index (κ3) is 6.68. The third-order valence-corrected chi connectivity index (χ3v) is 7.74. The van der Waals surface area contributed by atoms with Crippen LogP contribution in [0.15, 0.2) is 61.1 Å². The van der Waals surface area contributed by atoms with Gasteiger partial charge in [0.25, 0.3) is 0 Å². The Labute approximate surface area is 230 Å². The van der Waals surface area contributed by atoms with E-state index in [1.807, 2.05) is 41.3 Å². The fraction of sp³-hybridized carbons (Fsp3) is 0.452. The first kappa shape index (κ1) is 28.4. The number of unbranched alkanes of at least 4 members (excludes halogenated alkanes) is 2. The highest BCUT2D eigenvalue weighted by atomic mass is 16.5. The summed E-state index contributed by atoms with van der Waals surface area (Å²) in [5, 5.41) is 0. The number of methoxy groups -OCH3 is 1. The van der Waals surface area contributed by atoms with Crippen molar-refractivity contribution >= 4 is 11.8 Å². The second kappa shape index (κ2) is 12.9. The lowest BCUT2D eigenvalue weighted by Crippen LogP contribution is -2.64. The number of nitrogens with one attached hydrogen (secondary N) is 1. The van der Waals surface area contributed by atoms with E-state index >= 15 is 0 Å². The second-order valence-electron chi connectivity index (χ2n) is 10.5. The van der Waals surface area contributed by atoms with Gasteiger partial charge in [0.05, 0.1) is 38.4 Å². The fourth-order valence-electron chi connectivity index (χ4n) is 5.50. The molecule has 4 rings (SSSR count). The van der Waals surface area contributed by atoms with E-state index in [9.17, 15) is 9.59 Å². The van der Waals surface area contributed by atoms with Crippen LogP contribution < -0.4 is 10.5 Å². The molecule has 1 aliphatic rings. The predicted octanol–water partition coefficient (Wildman–Crippen LogP) is 4.17. The molecule has 1 aliphatic heterocycles. The van der Waals surface area contributed by atoms with Gasteiger partial charge in [0.1, 0.15) is 11.4 Å². The lowest BCUT2D eigenvalue weighted by atomic mass is 9.78. The van der Waals surface area contributed by atoms with Gasteiger partial charge in [0.2, 0.25) is 11.8 Å². The molecule has 3 aromatic rings. The van der Waals surface area contributed by atoms with E-state index in [0.717, 1.165) is 47.4 Å². The number of carbonyl (C=O) groups is 2. The minimum Gasteiger partial charge on any atom is -0.497 e. The van der Waals surface area contributed by atoms with Crippen LogP contribution in [-0.2, 0) is 32.8 Å². The van der Waals surface area contributed by atoms with Crippen molar-refractivity contribution in [2.75, 3.05) is 26.8 Å². The first-order valence-corrected chi connectivity index (χ1v) is 13.7. The van der Waals surface area contributed by atoms with Crippen molar-refractivity contribution in [3.63, 3.8) is 0 Å². The van der Waals surface area contributed by atoms with Crippen molar-refractivity contribution in [3.05, 3.63) is 83.4 Å². The average Bonchev–Trinajstić information content (AvgIpc) is 3.43. The summed E-state index contributed by atoms with van der Waals surface area (Å²) < 4.78 is 11.8. The molecule has 1 saturated heterocycles. The predicted molar refractivity (Wildman–Crippen MR) is 150 cm³/mol. The summed E-state index contributed by atoms with van der Waals surface area (Å²) in [6.07, 6.45) is 7.12. The first-order valence-electron chi connectivity index (χ1n) is 13.7. The van der Waals surface area contributed by atoms with Gasteiger partial charge in [-0.3, -0.25) is 9.59 Å². The van der Waals surface area contributed by atoms with Gasteiger partial charge >= 0.3 is 0 Å². The van der Waals surface area contributed by atoms with Crippen molar-refractivity contribution in [1.29, 1.82) is 0 Å².